The van der Waals surface area contributed by atoms with E-state index in [9.17, 15) is 9.18 Å². The molecule has 1 heterocycles. The SMILES string of the molecule is CCCC(=O)N=c1sc2cccc(F)c2n1CC. The normalized spacial score (nSPS) is 12.3. The summed E-state index contributed by atoms with van der Waals surface area (Å²) in [5, 5.41) is 0. The van der Waals surface area contributed by atoms with E-state index in [1.807, 2.05) is 19.9 Å². The monoisotopic (exact) mass is 266 g/mol. The fourth-order valence-corrected chi connectivity index (χ4v) is 2.97. The zero-order chi connectivity index (χ0) is 13.1. The lowest BCUT2D eigenvalue weighted by atomic mass is 10.3. The standard InChI is InChI=1S/C13H15FN2OS/c1-3-6-11(17)15-13-16(4-2)12-9(14)7-5-8-10(12)18-13/h5,7-8H,3-4,6H2,1-2H3. The predicted octanol–water partition coefficient (Wildman–Crippen LogP) is 3.09. The van der Waals surface area contributed by atoms with Gasteiger partial charge in [0, 0.05) is 13.0 Å². The smallest absolute Gasteiger partial charge is 0.248 e. The number of halogens is 1. The summed E-state index contributed by atoms with van der Waals surface area (Å²) in [6.07, 6.45) is 1.20. The highest BCUT2D eigenvalue weighted by atomic mass is 32.1. The largest absolute Gasteiger partial charge is 0.314 e. The van der Waals surface area contributed by atoms with Gasteiger partial charge >= 0.3 is 0 Å². The van der Waals surface area contributed by atoms with Gasteiger partial charge in [-0.2, -0.15) is 4.99 Å². The van der Waals surface area contributed by atoms with E-state index in [-0.39, 0.29) is 11.7 Å². The molecule has 0 radical (unpaired) electrons. The Balaban J connectivity index is 2.65. The van der Waals surface area contributed by atoms with Crippen LogP contribution in [0.1, 0.15) is 26.7 Å². The molecular weight excluding hydrogens is 251 g/mol. The molecule has 1 aromatic carbocycles. The molecule has 0 aliphatic carbocycles. The molecule has 0 aliphatic rings. The van der Waals surface area contributed by atoms with Crippen LogP contribution in [0, 0.1) is 5.82 Å². The fraction of sp³-hybridized carbons (Fsp3) is 0.385. The van der Waals surface area contributed by atoms with Crippen molar-refractivity contribution in [2.24, 2.45) is 4.99 Å². The first-order chi connectivity index (χ1) is 8.67. The summed E-state index contributed by atoms with van der Waals surface area (Å²) in [4.78, 5) is 16.2. The van der Waals surface area contributed by atoms with Gasteiger partial charge in [0.25, 0.3) is 0 Å². The third-order valence-corrected chi connectivity index (χ3v) is 3.70. The van der Waals surface area contributed by atoms with Crippen molar-refractivity contribution in [2.75, 3.05) is 0 Å². The highest BCUT2D eigenvalue weighted by molar-refractivity contribution is 7.16. The second kappa shape index (κ2) is 5.44. The van der Waals surface area contributed by atoms with Gasteiger partial charge in [-0.15, -0.1) is 0 Å². The molecule has 5 heteroatoms. The van der Waals surface area contributed by atoms with Crippen molar-refractivity contribution < 1.29 is 9.18 Å². The summed E-state index contributed by atoms with van der Waals surface area (Å²) in [6, 6.07) is 4.95. The molecule has 2 rings (SSSR count). The third kappa shape index (κ3) is 2.36. The van der Waals surface area contributed by atoms with Crippen LogP contribution in [-0.2, 0) is 11.3 Å². The maximum atomic E-state index is 13.8. The predicted molar refractivity (Wildman–Crippen MR) is 70.9 cm³/mol. The number of rotatable bonds is 3. The molecule has 3 nitrogen and oxygen atoms in total. The van der Waals surface area contributed by atoms with Crippen molar-refractivity contribution in [3.8, 4) is 0 Å². The maximum Gasteiger partial charge on any atom is 0.248 e. The lowest BCUT2D eigenvalue weighted by molar-refractivity contribution is -0.118. The number of fused-ring (bicyclic) bond motifs is 1. The van der Waals surface area contributed by atoms with Gasteiger partial charge < -0.3 is 4.57 Å². The van der Waals surface area contributed by atoms with Crippen LogP contribution >= 0.6 is 11.3 Å². The second-order valence-electron chi connectivity index (χ2n) is 3.97. The summed E-state index contributed by atoms with van der Waals surface area (Å²) in [7, 11) is 0. The van der Waals surface area contributed by atoms with Crippen LogP contribution < -0.4 is 4.80 Å². The van der Waals surface area contributed by atoms with Gasteiger partial charge in [0.1, 0.15) is 5.82 Å². The van der Waals surface area contributed by atoms with Crippen molar-refractivity contribution in [1.82, 2.24) is 4.57 Å². The number of carbonyl (C=O) groups is 1. The molecule has 0 atom stereocenters. The van der Waals surface area contributed by atoms with Gasteiger partial charge in [0.05, 0.1) is 10.2 Å². The molecule has 0 N–H and O–H groups in total. The first-order valence-corrected chi connectivity index (χ1v) is 6.84. The molecule has 2 aromatic rings. The highest BCUT2D eigenvalue weighted by Gasteiger charge is 2.10. The number of amides is 1. The molecule has 0 saturated heterocycles. The average molecular weight is 266 g/mol. The first kappa shape index (κ1) is 13.0. The molecule has 0 aliphatic heterocycles. The zero-order valence-corrected chi connectivity index (χ0v) is 11.3. The van der Waals surface area contributed by atoms with Gasteiger partial charge in [-0.05, 0) is 25.5 Å². The molecule has 0 saturated carbocycles. The lowest BCUT2D eigenvalue weighted by Crippen LogP contribution is -2.16. The van der Waals surface area contributed by atoms with Gasteiger partial charge in [-0.25, -0.2) is 4.39 Å². The topological polar surface area (TPSA) is 34.4 Å². The van der Waals surface area contributed by atoms with Crippen molar-refractivity contribution in [1.29, 1.82) is 0 Å². The molecule has 0 fully saturated rings. The highest BCUT2D eigenvalue weighted by Crippen LogP contribution is 2.20. The van der Waals surface area contributed by atoms with Crippen LogP contribution in [-0.4, -0.2) is 10.5 Å². The maximum absolute atomic E-state index is 13.8. The lowest BCUT2D eigenvalue weighted by Gasteiger charge is -2.00. The Morgan fingerprint density at radius 3 is 2.89 bits per heavy atom. The molecule has 96 valence electrons. The second-order valence-corrected chi connectivity index (χ2v) is 4.98. The average Bonchev–Trinajstić information content (AvgIpc) is 2.68. The molecule has 1 amide bonds. The van der Waals surface area contributed by atoms with E-state index in [4.69, 9.17) is 0 Å². The Hall–Kier alpha value is -1.49. The van der Waals surface area contributed by atoms with Crippen molar-refractivity contribution >= 4 is 27.5 Å². The van der Waals surface area contributed by atoms with E-state index < -0.39 is 0 Å². The van der Waals surface area contributed by atoms with Gasteiger partial charge in [-0.3, -0.25) is 4.79 Å². The van der Waals surface area contributed by atoms with Gasteiger partial charge in [-0.1, -0.05) is 24.3 Å². The van der Waals surface area contributed by atoms with Crippen LogP contribution in [0.4, 0.5) is 4.39 Å². The Labute approximate surface area is 109 Å². The fourth-order valence-electron chi connectivity index (χ4n) is 1.84. The number of hydrogen-bond acceptors (Lipinski definition) is 2. The zero-order valence-electron chi connectivity index (χ0n) is 10.4. The number of aromatic nitrogens is 1. The number of nitrogens with zero attached hydrogens (tertiary/aromatic N) is 2. The Morgan fingerprint density at radius 2 is 2.22 bits per heavy atom. The summed E-state index contributed by atoms with van der Waals surface area (Å²) >= 11 is 1.35. The van der Waals surface area contributed by atoms with Crippen molar-refractivity contribution in [2.45, 2.75) is 33.2 Å². The summed E-state index contributed by atoms with van der Waals surface area (Å²) in [5.41, 5.74) is 0.535. The van der Waals surface area contributed by atoms with Crippen molar-refractivity contribution in [3.63, 3.8) is 0 Å². The van der Waals surface area contributed by atoms with Crippen LogP contribution in [0.5, 0.6) is 0 Å². The molecule has 1 aromatic heterocycles. The number of carbonyl (C=O) groups excluding carboxylic acids is 1. The minimum Gasteiger partial charge on any atom is -0.314 e. The van der Waals surface area contributed by atoms with Gasteiger partial charge in [0.2, 0.25) is 5.91 Å². The minimum absolute atomic E-state index is 0.147. The Kier molecular flexibility index (Phi) is 3.91. The van der Waals surface area contributed by atoms with E-state index >= 15 is 0 Å². The molecule has 0 spiro atoms. The van der Waals surface area contributed by atoms with E-state index in [1.165, 1.54) is 17.4 Å². The number of hydrogen-bond donors (Lipinski definition) is 0. The number of para-hydroxylation sites is 1. The van der Waals surface area contributed by atoms with E-state index in [2.05, 4.69) is 4.99 Å². The number of aryl methyl sites for hydroxylation is 1. The Bertz CT molecular complexity index is 642. The van der Waals surface area contributed by atoms with E-state index in [0.717, 1.165) is 11.1 Å². The van der Waals surface area contributed by atoms with Crippen LogP contribution in [0.25, 0.3) is 10.2 Å². The minimum atomic E-state index is -0.269. The van der Waals surface area contributed by atoms with Crippen LogP contribution in [0.3, 0.4) is 0 Å². The van der Waals surface area contributed by atoms with E-state index in [0.29, 0.717) is 23.3 Å². The van der Waals surface area contributed by atoms with Crippen LogP contribution in [0.15, 0.2) is 23.2 Å². The van der Waals surface area contributed by atoms with Crippen molar-refractivity contribution in [3.05, 3.63) is 28.8 Å². The molecule has 0 unspecified atom stereocenters. The third-order valence-electron chi connectivity index (χ3n) is 2.65. The summed E-state index contributed by atoms with van der Waals surface area (Å²) in [6.45, 7) is 4.45. The summed E-state index contributed by atoms with van der Waals surface area (Å²) in [5.74, 6) is -0.415. The first-order valence-electron chi connectivity index (χ1n) is 6.02. The van der Waals surface area contributed by atoms with E-state index in [1.54, 1.807) is 10.6 Å². The quantitative estimate of drug-likeness (QED) is 0.840. The number of thiazole rings is 1. The summed E-state index contributed by atoms with van der Waals surface area (Å²) < 4.78 is 16.4. The molecule has 18 heavy (non-hydrogen) atoms. The molecule has 0 bridgehead atoms. The Morgan fingerprint density at radius 1 is 1.44 bits per heavy atom. The number of benzene rings is 1. The van der Waals surface area contributed by atoms with Crippen LogP contribution in [0.2, 0.25) is 0 Å². The van der Waals surface area contributed by atoms with Gasteiger partial charge in [0.15, 0.2) is 4.80 Å². The molecular formula is C13H15FN2OS.